The molecule has 0 aromatic heterocycles. The second-order valence-corrected chi connectivity index (χ2v) is 30.8. The first-order valence-corrected chi connectivity index (χ1v) is 30.8. The van der Waals surface area contributed by atoms with Crippen molar-refractivity contribution in [2.75, 3.05) is 118 Å². The molecule has 0 unspecified atom stereocenters. The molecule has 0 spiro atoms. The highest BCUT2D eigenvalue weighted by Crippen LogP contribution is 2.29. The molecule has 6 rings (SSSR count). The topological polar surface area (TPSA) is 47.1 Å². The van der Waals surface area contributed by atoms with E-state index in [9.17, 15) is 0 Å². The number of ether oxygens (including phenoxy) is 3. The first-order valence-electron chi connectivity index (χ1n) is 30.8. The molecule has 0 aliphatic carbocycles. The van der Waals surface area contributed by atoms with Gasteiger partial charge in [0.25, 0.3) is 0 Å². The van der Waals surface area contributed by atoms with Gasteiger partial charge in [0.05, 0.1) is 36.6 Å². The third-order valence-corrected chi connectivity index (χ3v) is 16.3. The standard InChI is InChI=1S/C22H44N2O.C21H42N2O.C20H40N2O/c1-21(2,3)11-17-23-13-7-19(8-14-23)25-20-9-15-24(16-10-20)18-12-22(4,5)6;1-20(2,3)11-16-22-12-7-18(8-13-22)24-19-9-14-23(15-10-19)17-21(4,5)6;1-17(2)6-11-21-12-7-18(8-13-21)23-19-9-14-22(15-10-19)16-20(3,4)5/h19-20H,7-18H2,1-6H3;18-19H,7-17H2,1-6H3;17-19H,6-16H2,1-5H3. The van der Waals surface area contributed by atoms with Crippen molar-refractivity contribution in [1.82, 2.24) is 29.4 Å². The molecule has 9 nitrogen and oxygen atoms in total. The van der Waals surface area contributed by atoms with Crippen molar-refractivity contribution < 1.29 is 14.2 Å². The number of hydrogen-bond donors (Lipinski definition) is 0. The van der Waals surface area contributed by atoms with E-state index >= 15 is 0 Å². The summed E-state index contributed by atoms with van der Waals surface area (Å²) in [6.45, 7) is 61.9. The summed E-state index contributed by atoms with van der Waals surface area (Å²) in [7, 11) is 0. The molecule has 9 heteroatoms. The molecule has 0 aromatic rings. The van der Waals surface area contributed by atoms with Crippen LogP contribution in [-0.2, 0) is 14.2 Å². The maximum absolute atomic E-state index is 6.47. The van der Waals surface area contributed by atoms with Gasteiger partial charge in [-0.3, -0.25) is 0 Å². The van der Waals surface area contributed by atoms with Crippen LogP contribution in [0.15, 0.2) is 0 Å². The molecule has 6 aliphatic rings. The quantitative estimate of drug-likeness (QED) is 0.142. The minimum Gasteiger partial charge on any atom is -0.375 e. The van der Waals surface area contributed by atoms with Gasteiger partial charge in [-0.05, 0) is 162 Å². The van der Waals surface area contributed by atoms with Crippen LogP contribution in [-0.4, -0.2) is 184 Å². The summed E-state index contributed by atoms with van der Waals surface area (Å²) in [5.41, 5.74) is 2.18. The van der Waals surface area contributed by atoms with Crippen molar-refractivity contribution in [3.63, 3.8) is 0 Å². The molecule has 0 bridgehead atoms. The zero-order valence-electron chi connectivity index (χ0n) is 51.5. The molecule has 6 fully saturated rings. The molecule has 426 valence electrons. The Labute approximate surface area is 449 Å². The highest BCUT2D eigenvalue weighted by molar-refractivity contribution is 4.83. The first-order chi connectivity index (χ1) is 33.5. The Morgan fingerprint density at radius 3 is 0.667 bits per heavy atom. The molecule has 0 saturated carbocycles. The Balaban J connectivity index is 0.000000235. The van der Waals surface area contributed by atoms with Gasteiger partial charge >= 0.3 is 0 Å². The second-order valence-electron chi connectivity index (χ2n) is 30.8. The van der Waals surface area contributed by atoms with Crippen molar-refractivity contribution in [2.45, 2.75) is 257 Å². The summed E-state index contributed by atoms with van der Waals surface area (Å²) in [6, 6.07) is 0. The van der Waals surface area contributed by atoms with Crippen LogP contribution in [0.3, 0.4) is 0 Å². The summed E-state index contributed by atoms with van der Waals surface area (Å²) < 4.78 is 19.3. The lowest BCUT2D eigenvalue weighted by Gasteiger charge is -2.39. The Morgan fingerprint density at radius 1 is 0.292 bits per heavy atom. The lowest BCUT2D eigenvalue weighted by atomic mass is 9.91. The minimum absolute atomic E-state index is 0.410. The third kappa shape index (κ3) is 30.0. The normalized spacial score (nSPS) is 23.6. The molecule has 0 amide bonds. The monoisotopic (exact) mass is 1010 g/mol. The van der Waals surface area contributed by atoms with Crippen LogP contribution in [0.2, 0.25) is 0 Å². The third-order valence-electron chi connectivity index (χ3n) is 16.3. The lowest BCUT2D eigenvalue weighted by Crippen LogP contribution is -2.44. The van der Waals surface area contributed by atoms with E-state index in [1.807, 2.05) is 0 Å². The maximum Gasteiger partial charge on any atom is 0.0603 e. The molecule has 0 aromatic carbocycles. The highest BCUT2D eigenvalue weighted by atomic mass is 16.5. The Hall–Kier alpha value is -0.360. The van der Waals surface area contributed by atoms with Crippen LogP contribution in [0.25, 0.3) is 0 Å². The van der Waals surface area contributed by atoms with Gasteiger partial charge in [0.1, 0.15) is 0 Å². The molecule has 6 aliphatic heterocycles. The second kappa shape index (κ2) is 30.7. The van der Waals surface area contributed by atoms with Gasteiger partial charge in [-0.25, -0.2) is 0 Å². The maximum atomic E-state index is 6.47. The molecule has 0 radical (unpaired) electrons. The minimum atomic E-state index is 0.410. The number of nitrogens with zero attached hydrogens (tertiary/aromatic N) is 6. The Kier molecular flexibility index (Phi) is 27.4. The average molecular weight is 1020 g/mol. The van der Waals surface area contributed by atoms with Gasteiger partial charge in [0.2, 0.25) is 0 Å². The average Bonchev–Trinajstić information content (AvgIpc) is 3.28. The van der Waals surface area contributed by atoms with Gasteiger partial charge in [-0.15, -0.1) is 0 Å². The first kappa shape index (κ1) is 64.2. The van der Waals surface area contributed by atoms with Crippen LogP contribution in [0.4, 0.5) is 0 Å². The van der Waals surface area contributed by atoms with E-state index in [0.29, 0.717) is 63.7 Å². The van der Waals surface area contributed by atoms with Gasteiger partial charge in [-0.1, -0.05) is 118 Å². The molecule has 6 heterocycles. The molecule has 6 saturated heterocycles. The van der Waals surface area contributed by atoms with Crippen LogP contribution in [0, 0.1) is 33.0 Å². The largest absolute Gasteiger partial charge is 0.375 e. The van der Waals surface area contributed by atoms with Crippen LogP contribution in [0.1, 0.15) is 220 Å². The van der Waals surface area contributed by atoms with Crippen molar-refractivity contribution >= 4 is 0 Å². The van der Waals surface area contributed by atoms with Crippen LogP contribution < -0.4 is 0 Å². The molecular formula is C63H126N6O3. The Morgan fingerprint density at radius 2 is 0.486 bits per heavy atom. The zero-order valence-corrected chi connectivity index (χ0v) is 51.5. The summed E-state index contributed by atoms with van der Waals surface area (Å²) >= 11 is 0. The zero-order chi connectivity index (χ0) is 53.2. The van der Waals surface area contributed by atoms with E-state index in [2.05, 4.69) is 147 Å². The Bertz CT molecular complexity index is 1340. The van der Waals surface area contributed by atoms with E-state index in [0.717, 1.165) is 5.92 Å². The van der Waals surface area contributed by atoms with Gasteiger partial charge in [-0.2, -0.15) is 0 Å². The predicted octanol–water partition coefficient (Wildman–Crippen LogP) is 13.2. The van der Waals surface area contributed by atoms with Crippen molar-refractivity contribution in [2.24, 2.45) is 33.0 Å². The van der Waals surface area contributed by atoms with Crippen LogP contribution >= 0.6 is 0 Å². The smallest absolute Gasteiger partial charge is 0.0603 e. The van der Waals surface area contributed by atoms with E-state index in [4.69, 9.17) is 14.2 Å². The molecular weight excluding hydrogens is 889 g/mol. The fourth-order valence-electron chi connectivity index (χ4n) is 11.6. The van der Waals surface area contributed by atoms with E-state index < -0.39 is 0 Å². The van der Waals surface area contributed by atoms with Gasteiger partial charge < -0.3 is 43.6 Å². The number of rotatable bonds is 17. The van der Waals surface area contributed by atoms with E-state index in [1.165, 1.54) is 221 Å². The van der Waals surface area contributed by atoms with E-state index in [1.54, 1.807) is 0 Å². The van der Waals surface area contributed by atoms with Crippen molar-refractivity contribution in [3.8, 4) is 0 Å². The molecule has 72 heavy (non-hydrogen) atoms. The number of hydrogen-bond acceptors (Lipinski definition) is 9. The summed E-state index contributed by atoms with van der Waals surface area (Å²) in [5, 5.41) is 0. The van der Waals surface area contributed by atoms with Gasteiger partial charge in [0.15, 0.2) is 0 Å². The fourth-order valence-corrected chi connectivity index (χ4v) is 11.6. The SMILES string of the molecule is CC(C)(C)CCN1CCC(OC2CCN(CC(C)(C)C)CC2)CC1.CC(C)(C)CCN1CCC(OC2CCN(CCC(C)(C)C)CC2)CC1.CC(C)CCN1CCC(OC2CCN(CC(C)(C)C)CC2)CC1. The van der Waals surface area contributed by atoms with Crippen molar-refractivity contribution in [3.05, 3.63) is 0 Å². The molecule has 0 atom stereocenters. The van der Waals surface area contributed by atoms with Crippen LogP contribution in [0.5, 0.6) is 0 Å². The molecule has 0 N–H and O–H groups in total. The summed E-state index contributed by atoms with van der Waals surface area (Å²) in [6.07, 6.45) is 23.0. The summed E-state index contributed by atoms with van der Waals surface area (Å²) in [5.74, 6) is 0.822. The summed E-state index contributed by atoms with van der Waals surface area (Å²) in [4.78, 5) is 15.8. The lowest BCUT2D eigenvalue weighted by molar-refractivity contribution is -0.0675. The van der Waals surface area contributed by atoms with Gasteiger partial charge in [0, 0.05) is 91.6 Å². The van der Waals surface area contributed by atoms with Crippen molar-refractivity contribution in [1.29, 1.82) is 0 Å². The number of piperidine rings is 6. The number of likely N-dealkylation sites (tertiary alicyclic amines) is 6. The predicted molar refractivity (Wildman–Crippen MR) is 311 cm³/mol. The van der Waals surface area contributed by atoms with E-state index in [-0.39, 0.29) is 0 Å². The highest BCUT2D eigenvalue weighted by Gasteiger charge is 2.31. The fraction of sp³-hybridized carbons (Fsp3) is 1.00.